The van der Waals surface area contributed by atoms with Gasteiger partial charge in [-0.1, -0.05) is 12.1 Å². The Morgan fingerprint density at radius 3 is 2.86 bits per heavy atom. The first kappa shape index (κ1) is 16.5. The lowest BCUT2D eigenvalue weighted by molar-refractivity contribution is -0.234. The Kier molecular flexibility index (Phi) is 5.98. The van der Waals surface area contributed by atoms with Gasteiger partial charge in [-0.2, -0.15) is 0 Å². The van der Waals surface area contributed by atoms with E-state index in [9.17, 15) is 4.79 Å². The molecule has 1 unspecified atom stereocenters. The molecule has 2 atom stereocenters. The fourth-order valence-electron chi connectivity index (χ4n) is 2.24. The van der Waals surface area contributed by atoms with E-state index in [1.807, 2.05) is 25.1 Å². The predicted molar refractivity (Wildman–Crippen MR) is 82.5 cm³/mol. The summed E-state index contributed by atoms with van der Waals surface area (Å²) in [6.45, 7) is 4.82. The van der Waals surface area contributed by atoms with Crippen molar-refractivity contribution in [3.05, 3.63) is 35.4 Å². The molecule has 1 saturated heterocycles. The van der Waals surface area contributed by atoms with E-state index in [1.165, 1.54) is 6.08 Å². The standard InChI is InChI=1S/C17H22O5/c1-4-20-16(18)9-8-14-13(6-5-7-15(14)19-3)12(2)22-17-10-11-21-17/h5-9,12,17H,4,10-11H2,1-3H3/b9-8+/t12-,17?/m1/s1. The van der Waals surface area contributed by atoms with E-state index in [4.69, 9.17) is 18.9 Å². The maximum Gasteiger partial charge on any atom is 0.330 e. The van der Waals surface area contributed by atoms with E-state index in [-0.39, 0.29) is 18.4 Å². The number of carbonyl (C=O) groups is 1. The Labute approximate surface area is 130 Å². The van der Waals surface area contributed by atoms with Gasteiger partial charge in [0, 0.05) is 18.1 Å². The predicted octanol–water partition coefficient (Wildman–Crippen LogP) is 3.10. The third-order valence-corrected chi connectivity index (χ3v) is 3.44. The van der Waals surface area contributed by atoms with Crippen LogP contribution >= 0.6 is 0 Å². The van der Waals surface area contributed by atoms with E-state index < -0.39 is 0 Å². The summed E-state index contributed by atoms with van der Waals surface area (Å²) in [5, 5.41) is 0. The third-order valence-electron chi connectivity index (χ3n) is 3.44. The molecule has 1 fully saturated rings. The van der Waals surface area contributed by atoms with Crippen LogP contribution in [-0.2, 0) is 19.0 Å². The van der Waals surface area contributed by atoms with Crippen LogP contribution in [0, 0.1) is 0 Å². The topological polar surface area (TPSA) is 54.0 Å². The average Bonchev–Trinajstić information content (AvgIpc) is 2.48. The van der Waals surface area contributed by atoms with Crippen molar-refractivity contribution in [3.63, 3.8) is 0 Å². The van der Waals surface area contributed by atoms with Gasteiger partial charge < -0.3 is 18.9 Å². The molecule has 1 aromatic carbocycles. The smallest absolute Gasteiger partial charge is 0.330 e. The minimum atomic E-state index is -0.379. The quantitative estimate of drug-likeness (QED) is 0.572. The summed E-state index contributed by atoms with van der Waals surface area (Å²) in [6, 6.07) is 5.70. The number of hydrogen-bond acceptors (Lipinski definition) is 5. The summed E-state index contributed by atoms with van der Waals surface area (Å²) in [5.74, 6) is 0.304. The van der Waals surface area contributed by atoms with Crippen molar-refractivity contribution in [1.82, 2.24) is 0 Å². The second-order valence-electron chi connectivity index (χ2n) is 4.92. The van der Waals surface area contributed by atoms with Crippen molar-refractivity contribution in [2.75, 3.05) is 20.3 Å². The Morgan fingerprint density at radius 2 is 2.27 bits per heavy atom. The van der Waals surface area contributed by atoms with Crippen LogP contribution in [0.3, 0.4) is 0 Å². The molecule has 1 aromatic rings. The zero-order valence-corrected chi connectivity index (χ0v) is 13.2. The van der Waals surface area contributed by atoms with Crippen LogP contribution < -0.4 is 4.74 Å². The normalized spacial score (nSPS) is 18.8. The zero-order valence-electron chi connectivity index (χ0n) is 13.2. The average molecular weight is 306 g/mol. The molecule has 0 spiro atoms. The van der Waals surface area contributed by atoms with Gasteiger partial charge in [0.25, 0.3) is 0 Å². The Hall–Kier alpha value is -1.85. The van der Waals surface area contributed by atoms with E-state index in [2.05, 4.69) is 0 Å². The van der Waals surface area contributed by atoms with Crippen molar-refractivity contribution in [2.24, 2.45) is 0 Å². The van der Waals surface area contributed by atoms with Gasteiger partial charge in [0.2, 0.25) is 0 Å². The lowest BCUT2D eigenvalue weighted by Gasteiger charge is -2.30. The van der Waals surface area contributed by atoms with Crippen molar-refractivity contribution < 1.29 is 23.7 Å². The van der Waals surface area contributed by atoms with E-state index in [0.29, 0.717) is 12.4 Å². The molecule has 0 bridgehead atoms. The number of esters is 1. The van der Waals surface area contributed by atoms with Gasteiger partial charge in [0.05, 0.1) is 26.4 Å². The van der Waals surface area contributed by atoms with Crippen molar-refractivity contribution in [1.29, 1.82) is 0 Å². The highest BCUT2D eigenvalue weighted by Gasteiger charge is 2.23. The lowest BCUT2D eigenvalue weighted by atomic mass is 10.0. The second kappa shape index (κ2) is 7.96. The molecular formula is C17H22O5. The monoisotopic (exact) mass is 306 g/mol. The molecule has 2 rings (SSSR count). The maximum atomic E-state index is 11.5. The van der Waals surface area contributed by atoms with E-state index >= 15 is 0 Å². The SMILES string of the molecule is CCOC(=O)/C=C/c1c(OC)cccc1[C@@H](C)OC1CCO1. The molecule has 120 valence electrons. The zero-order chi connectivity index (χ0) is 15.9. The summed E-state index contributed by atoms with van der Waals surface area (Å²) in [5.41, 5.74) is 1.75. The van der Waals surface area contributed by atoms with Crippen LogP contribution in [0.15, 0.2) is 24.3 Å². The first-order chi connectivity index (χ1) is 10.7. The van der Waals surface area contributed by atoms with Crippen LogP contribution in [0.5, 0.6) is 5.75 Å². The molecular weight excluding hydrogens is 284 g/mol. The van der Waals surface area contributed by atoms with Crippen molar-refractivity contribution in [2.45, 2.75) is 32.7 Å². The molecule has 0 amide bonds. The number of rotatable bonds is 7. The first-order valence-electron chi connectivity index (χ1n) is 7.44. The molecule has 0 aliphatic carbocycles. The molecule has 5 nitrogen and oxygen atoms in total. The molecule has 1 heterocycles. The Balaban J connectivity index is 2.22. The fraction of sp³-hybridized carbons (Fsp3) is 0.471. The number of methoxy groups -OCH3 is 1. The fourth-order valence-corrected chi connectivity index (χ4v) is 2.24. The highest BCUT2D eigenvalue weighted by Crippen LogP contribution is 2.32. The minimum Gasteiger partial charge on any atom is -0.496 e. The van der Waals surface area contributed by atoms with Crippen LogP contribution in [0.25, 0.3) is 6.08 Å². The van der Waals surface area contributed by atoms with Gasteiger partial charge in [-0.15, -0.1) is 0 Å². The summed E-state index contributed by atoms with van der Waals surface area (Å²) in [6.07, 6.45) is 3.69. The largest absolute Gasteiger partial charge is 0.496 e. The van der Waals surface area contributed by atoms with Gasteiger partial charge in [-0.3, -0.25) is 0 Å². The molecule has 1 aliphatic rings. The van der Waals surface area contributed by atoms with Crippen LogP contribution in [0.4, 0.5) is 0 Å². The third kappa shape index (κ3) is 4.08. The summed E-state index contributed by atoms with van der Waals surface area (Å²) >= 11 is 0. The van der Waals surface area contributed by atoms with Gasteiger partial charge in [-0.25, -0.2) is 4.79 Å². The van der Waals surface area contributed by atoms with Crippen LogP contribution in [0.1, 0.15) is 37.5 Å². The lowest BCUT2D eigenvalue weighted by Crippen LogP contribution is -2.30. The summed E-state index contributed by atoms with van der Waals surface area (Å²) in [4.78, 5) is 11.5. The van der Waals surface area contributed by atoms with Crippen molar-refractivity contribution in [3.8, 4) is 5.75 Å². The maximum absolute atomic E-state index is 11.5. The van der Waals surface area contributed by atoms with E-state index in [1.54, 1.807) is 20.1 Å². The Morgan fingerprint density at radius 1 is 1.50 bits per heavy atom. The van der Waals surface area contributed by atoms with Crippen LogP contribution in [0.2, 0.25) is 0 Å². The summed E-state index contributed by atoms with van der Waals surface area (Å²) in [7, 11) is 1.60. The summed E-state index contributed by atoms with van der Waals surface area (Å²) < 4.78 is 21.4. The molecule has 0 radical (unpaired) electrons. The molecule has 0 N–H and O–H groups in total. The van der Waals surface area contributed by atoms with Crippen LogP contribution in [-0.4, -0.2) is 32.6 Å². The van der Waals surface area contributed by atoms with Gasteiger partial charge in [0.1, 0.15) is 5.75 Å². The number of ether oxygens (including phenoxy) is 4. The number of carbonyl (C=O) groups excluding carboxylic acids is 1. The first-order valence-corrected chi connectivity index (χ1v) is 7.44. The Bertz CT molecular complexity index is 534. The second-order valence-corrected chi connectivity index (χ2v) is 4.92. The molecule has 0 saturated carbocycles. The van der Waals surface area contributed by atoms with Crippen molar-refractivity contribution >= 4 is 12.0 Å². The highest BCUT2D eigenvalue weighted by atomic mass is 16.7. The number of benzene rings is 1. The van der Waals surface area contributed by atoms with Gasteiger partial charge >= 0.3 is 5.97 Å². The number of hydrogen-bond donors (Lipinski definition) is 0. The molecule has 5 heteroatoms. The van der Waals surface area contributed by atoms with Gasteiger partial charge in [-0.05, 0) is 31.6 Å². The molecule has 0 aromatic heterocycles. The molecule has 22 heavy (non-hydrogen) atoms. The van der Waals surface area contributed by atoms with Gasteiger partial charge in [0.15, 0.2) is 6.29 Å². The highest BCUT2D eigenvalue weighted by molar-refractivity contribution is 5.88. The molecule has 1 aliphatic heterocycles. The minimum absolute atomic E-state index is 0.150. The van der Waals surface area contributed by atoms with E-state index in [0.717, 1.165) is 24.2 Å².